The number of H-pyrrole nitrogens is 1. The number of carbonyl (C=O) groups excluding carboxylic acids is 1. The van der Waals surface area contributed by atoms with E-state index in [1.807, 2.05) is 0 Å². The Kier molecular flexibility index (Phi) is 9.14. The summed E-state index contributed by atoms with van der Waals surface area (Å²) in [6.45, 7) is 8.93. The van der Waals surface area contributed by atoms with Crippen molar-refractivity contribution in [1.82, 2.24) is 10.3 Å². The molecule has 0 fully saturated rings. The van der Waals surface area contributed by atoms with Crippen LogP contribution in [0.3, 0.4) is 0 Å². The maximum absolute atomic E-state index is 12.2. The Balaban J connectivity index is 0.00000225. The molecule has 7 N–H and O–H groups in total. The summed E-state index contributed by atoms with van der Waals surface area (Å²) < 4.78 is 10.5. The molecule has 0 spiro atoms. The van der Waals surface area contributed by atoms with Gasteiger partial charge in [0.25, 0.3) is 11.5 Å². The molecule has 10 heteroatoms. The zero-order chi connectivity index (χ0) is 17.3. The monoisotopic (exact) mass is 407 g/mol. The number of rotatable bonds is 4. The van der Waals surface area contributed by atoms with Gasteiger partial charge in [-0.05, 0) is 18.2 Å². The van der Waals surface area contributed by atoms with Crippen LogP contribution in [0.2, 0.25) is 0 Å². The number of aromatic nitrogens is 1. The van der Waals surface area contributed by atoms with Gasteiger partial charge in [-0.3, -0.25) is 15.7 Å². The van der Waals surface area contributed by atoms with E-state index >= 15 is 0 Å². The Bertz CT molecular complexity index is 882. The van der Waals surface area contributed by atoms with Crippen molar-refractivity contribution in [3.63, 3.8) is 0 Å². The van der Waals surface area contributed by atoms with Gasteiger partial charge < -0.3 is 49.3 Å². The minimum Gasteiger partial charge on any atom is -0.519 e. The molecule has 1 amide bonds. The number of fused-ring (bicyclic) bond motifs is 1. The predicted molar refractivity (Wildman–Crippen MR) is 93.0 cm³/mol. The van der Waals surface area contributed by atoms with Gasteiger partial charge >= 0.3 is 0 Å². The second-order valence-corrected chi connectivity index (χ2v) is 5.11. The van der Waals surface area contributed by atoms with Crippen LogP contribution in [0.4, 0.5) is 0 Å². The fraction of sp³-hybridized carbons (Fsp3) is 0.118. The first-order valence-electron chi connectivity index (χ1n) is 7.05. The van der Waals surface area contributed by atoms with Crippen molar-refractivity contribution in [2.45, 2.75) is 6.04 Å². The van der Waals surface area contributed by atoms with E-state index < -0.39 is 17.5 Å². The van der Waals surface area contributed by atoms with E-state index in [2.05, 4.69) is 17.2 Å². The molecule has 1 aromatic heterocycles. The Morgan fingerprint density at radius 2 is 1.96 bits per heavy atom. The number of aromatic hydroxyl groups is 1. The number of hydrogen-bond donors (Lipinski definition) is 3. The van der Waals surface area contributed by atoms with Crippen LogP contribution in [0.15, 0.2) is 35.1 Å². The average molecular weight is 407 g/mol. The first-order valence-corrected chi connectivity index (χ1v) is 7.05. The van der Waals surface area contributed by atoms with Gasteiger partial charge in [0.15, 0.2) is 11.5 Å². The van der Waals surface area contributed by atoms with E-state index in [4.69, 9.17) is 16.1 Å². The van der Waals surface area contributed by atoms with E-state index in [1.165, 1.54) is 6.08 Å². The van der Waals surface area contributed by atoms with E-state index in [0.29, 0.717) is 17.1 Å². The van der Waals surface area contributed by atoms with Crippen molar-refractivity contribution >= 4 is 5.91 Å². The maximum atomic E-state index is 12.2. The molecule has 1 aliphatic heterocycles. The van der Waals surface area contributed by atoms with Gasteiger partial charge in [-0.2, -0.15) is 0 Å². The van der Waals surface area contributed by atoms with Crippen molar-refractivity contribution in [3.8, 4) is 28.5 Å². The van der Waals surface area contributed by atoms with Crippen molar-refractivity contribution in [1.29, 1.82) is 0 Å². The van der Waals surface area contributed by atoms with Crippen LogP contribution >= 0.6 is 0 Å². The van der Waals surface area contributed by atoms with Crippen LogP contribution in [-0.2, 0) is 25.8 Å². The van der Waals surface area contributed by atoms with Crippen LogP contribution in [0.5, 0.6) is 17.2 Å². The molecule has 1 aromatic carbocycles. The molecule has 0 bridgehead atoms. The minimum atomic E-state index is -0.689. The van der Waals surface area contributed by atoms with Gasteiger partial charge in [-0.25, -0.2) is 0 Å². The third-order valence-corrected chi connectivity index (χ3v) is 3.48. The van der Waals surface area contributed by atoms with Crippen LogP contribution in [0, 0.1) is 13.5 Å². The maximum Gasteiger partial charge on any atom is 0.261 e. The molecular formula is C17H18N2O7Sc-2. The normalized spacial score (nSPS) is 11.9. The quantitative estimate of drug-likeness (QED) is 0.594. The van der Waals surface area contributed by atoms with Gasteiger partial charge in [-0.15, -0.1) is 6.04 Å². The second kappa shape index (κ2) is 10.0. The third kappa shape index (κ3) is 5.06. The molecule has 0 unspecified atom stereocenters. The molecule has 1 atom stereocenters. The summed E-state index contributed by atoms with van der Waals surface area (Å²) in [5.74, 6) is 0.144. The van der Waals surface area contributed by atoms with E-state index in [0.717, 1.165) is 6.07 Å². The van der Waals surface area contributed by atoms with Crippen LogP contribution in [0.25, 0.3) is 11.3 Å². The summed E-state index contributed by atoms with van der Waals surface area (Å²) in [6.07, 6.45) is 1.17. The van der Waals surface area contributed by atoms with Crippen LogP contribution < -0.4 is 20.3 Å². The molecule has 0 saturated carbocycles. The number of amides is 1. The topological polar surface area (TPSA) is 164 Å². The fourth-order valence-corrected chi connectivity index (χ4v) is 2.25. The molecule has 143 valence electrons. The standard InChI is InChI=1S/C17H14N2O5.2H2O.Sc/c1-3-9(2)18-16(21)11-7-12(20)15(19-17(11)22)10-4-5-13-14(6-10)24-8-23-13;;;/h1,3-7,9,20H,2,8H2,(H,18,21)(H,19,22);2*1H2;/q-2;;;/t9-;;;/m0.../s1. The van der Waals surface area contributed by atoms with Crippen LogP contribution in [-0.4, -0.2) is 39.8 Å². The van der Waals surface area contributed by atoms with Crippen molar-refractivity contribution in [2.24, 2.45) is 0 Å². The van der Waals surface area contributed by atoms with Crippen LogP contribution in [0.1, 0.15) is 10.4 Å². The zero-order valence-corrected chi connectivity index (χ0v) is 15.9. The molecule has 2 aromatic rings. The Labute approximate surface area is 173 Å². The van der Waals surface area contributed by atoms with Gasteiger partial charge in [0.05, 0.1) is 5.69 Å². The SMILES string of the molecule is O.O.[CH-]=C[C@H]([CH2-])NC(=O)c1cc(O)c(-c2ccc3c(c2)OCO3)[nH]c1=O.[Sc]. The summed E-state index contributed by atoms with van der Waals surface area (Å²) in [5.41, 5.74) is -0.202. The second-order valence-electron chi connectivity index (χ2n) is 5.11. The summed E-state index contributed by atoms with van der Waals surface area (Å²) in [7, 11) is 0. The number of pyridine rings is 1. The number of aromatic amines is 1. The Hall–Kier alpha value is -2.43. The molecule has 9 nitrogen and oxygen atoms in total. The van der Waals surface area contributed by atoms with Crippen molar-refractivity contribution in [2.75, 3.05) is 6.79 Å². The number of ether oxygens (including phenoxy) is 2. The van der Waals surface area contributed by atoms with Gasteiger partial charge in [-0.1, -0.05) is 0 Å². The molecule has 2 heterocycles. The third-order valence-electron chi connectivity index (χ3n) is 3.48. The molecular weight excluding hydrogens is 389 g/mol. The summed E-state index contributed by atoms with van der Waals surface area (Å²) >= 11 is 0. The number of hydrogen-bond acceptors (Lipinski definition) is 5. The molecule has 0 aliphatic carbocycles. The Morgan fingerprint density at radius 1 is 1.30 bits per heavy atom. The minimum absolute atomic E-state index is 0. The van der Waals surface area contributed by atoms with Crippen molar-refractivity contribution < 1.29 is 56.2 Å². The zero-order valence-electron chi connectivity index (χ0n) is 14.1. The summed E-state index contributed by atoms with van der Waals surface area (Å²) in [6, 6.07) is 5.39. The molecule has 1 aliphatic rings. The van der Waals surface area contributed by atoms with Crippen molar-refractivity contribution in [3.05, 3.63) is 59.8 Å². The summed E-state index contributed by atoms with van der Waals surface area (Å²) in [5, 5.41) is 12.6. The fourth-order valence-electron chi connectivity index (χ4n) is 2.25. The molecule has 3 rings (SSSR count). The van der Waals surface area contributed by atoms with Gasteiger partial charge in [0.2, 0.25) is 6.79 Å². The number of benzene rings is 1. The average Bonchev–Trinajstić information content (AvgIpc) is 3.03. The smallest absolute Gasteiger partial charge is 0.261 e. The first-order chi connectivity index (χ1) is 11.5. The number of carbonyl (C=O) groups is 1. The van der Waals surface area contributed by atoms with E-state index in [9.17, 15) is 14.7 Å². The van der Waals surface area contributed by atoms with Gasteiger partial charge in [0.1, 0.15) is 11.3 Å². The first kappa shape index (κ1) is 24.6. The van der Waals surface area contributed by atoms with E-state index in [-0.39, 0.29) is 60.6 Å². The molecule has 27 heavy (non-hydrogen) atoms. The molecule has 0 saturated heterocycles. The van der Waals surface area contributed by atoms with Gasteiger partial charge in [0, 0.05) is 37.5 Å². The number of nitrogens with one attached hydrogen (secondary N) is 2. The molecule has 1 radical (unpaired) electrons. The Morgan fingerprint density at radius 3 is 2.63 bits per heavy atom. The van der Waals surface area contributed by atoms with E-state index in [1.54, 1.807) is 18.2 Å². The summed E-state index contributed by atoms with van der Waals surface area (Å²) in [4.78, 5) is 26.7. The largest absolute Gasteiger partial charge is 0.519 e. The predicted octanol–water partition coefficient (Wildman–Crippen LogP) is -0.254.